The summed E-state index contributed by atoms with van der Waals surface area (Å²) in [7, 11) is 0. The molecule has 0 bridgehead atoms. The number of likely N-dealkylation sites (tertiary alicyclic amines) is 1. The van der Waals surface area contributed by atoms with Crippen LogP contribution in [0.4, 0.5) is 5.95 Å². The molecular formula is C26H31N7O2. The number of hydrogen-bond donors (Lipinski definition) is 1. The molecule has 182 valence electrons. The van der Waals surface area contributed by atoms with E-state index in [1.807, 2.05) is 50.6 Å². The molecule has 35 heavy (non-hydrogen) atoms. The van der Waals surface area contributed by atoms with Gasteiger partial charge in [-0.15, -0.1) is 5.10 Å². The van der Waals surface area contributed by atoms with Crippen LogP contribution in [-0.4, -0.2) is 66.6 Å². The van der Waals surface area contributed by atoms with Crippen LogP contribution in [0, 0.1) is 0 Å². The lowest BCUT2D eigenvalue weighted by atomic mass is 9.93. The van der Waals surface area contributed by atoms with Crippen molar-refractivity contribution in [2.45, 2.75) is 57.6 Å². The number of imidazole rings is 1. The Bertz CT molecular complexity index is 1350. The maximum Gasteiger partial charge on any atom is 0.272 e. The normalized spacial score (nSPS) is 20.7. The van der Waals surface area contributed by atoms with Gasteiger partial charge in [-0.2, -0.15) is 0 Å². The summed E-state index contributed by atoms with van der Waals surface area (Å²) in [5.74, 6) is 0.686. The van der Waals surface area contributed by atoms with E-state index in [1.165, 1.54) is 0 Å². The number of aromatic nitrogens is 5. The van der Waals surface area contributed by atoms with Crippen molar-refractivity contribution in [2.24, 2.45) is 0 Å². The third kappa shape index (κ3) is 4.25. The first-order chi connectivity index (χ1) is 17.2. The Labute approximate surface area is 204 Å². The van der Waals surface area contributed by atoms with E-state index in [0.717, 1.165) is 80.5 Å². The minimum Gasteiger partial charge on any atom is -0.379 e. The standard InChI is InChI=1S/C26H31N7O2/c1-2-35-20-8-6-19(7-9-20)29-26-28-15-22-21(11-14-33(22)30-26)18-5-10-24-27-16-23(32(24)17-18)25(34)31-12-3-4-13-31/h5,10-11,14-17,19-20H,2-4,6-9,12-13H2,1H3,(H,29,30)/t19-,20+. The zero-order valence-corrected chi connectivity index (χ0v) is 20.1. The van der Waals surface area contributed by atoms with Crippen LogP contribution in [-0.2, 0) is 4.74 Å². The number of fused-ring (bicyclic) bond motifs is 2. The van der Waals surface area contributed by atoms with Crippen LogP contribution < -0.4 is 5.32 Å². The summed E-state index contributed by atoms with van der Waals surface area (Å²) in [5, 5.41) is 8.20. The monoisotopic (exact) mass is 473 g/mol. The fraction of sp³-hybridized carbons (Fsp3) is 0.462. The lowest BCUT2D eigenvalue weighted by molar-refractivity contribution is 0.0346. The molecule has 6 rings (SSSR count). The van der Waals surface area contributed by atoms with Gasteiger partial charge in [-0.1, -0.05) is 0 Å². The Balaban J connectivity index is 1.23. The van der Waals surface area contributed by atoms with E-state index in [4.69, 9.17) is 9.84 Å². The van der Waals surface area contributed by atoms with Crippen LogP contribution in [0.3, 0.4) is 0 Å². The maximum absolute atomic E-state index is 13.0. The van der Waals surface area contributed by atoms with Gasteiger partial charge in [0.25, 0.3) is 5.91 Å². The Morgan fingerprint density at radius 1 is 1.09 bits per heavy atom. The second-order valence-corrected chi connectivity index (χ2v) is 9.50. The van der Waals surface area contributed by atoms with Gasteiger partial charge in [0.05, 0.1) is 24.0 Å². The van der Waals surface area contributed by atoms with E-state index in [-0.39, 0.29) is 5.91 Å². The minimum absolute atomic E-state index is 0.0447. The quantitative estimate of drug-likeness (QED) is 0.455. The molecule has 9 nitrogen and oxygen atoms in total. The van der Waals surface area contributed by atoms with E-state index in [0.29, 0.717) is 23.8 Å². The van der Waals surface area contributed by atoms with E-state index in [2.05, 4.69) is 22.2 Å². The topological polar surface area (TPSA) is 89.1 Å². The Morgan fingerprint density at radius 3 is 2.71 bits per heavy atom. The van der Waals surface area contributed by atoms with Crippen molar-refractivity contribution in [3.05, 3.63) is 48.7 Å². The summed E-state index contributed by atoms with van der Waals surface area (Å²) in [5.41, 5.74) is 4.30. The van der Waals surface area contributed by atoms with Crippen molar-refractivity contribution in [3.63, 3.8) is 0 Å². The molecule has 0 aromatic carbocycles. The molecule has 1 amide bonds. The molecule has 9 heteroatoms. The molecule has 1 saturated carbocycles. The molecule has 2 fully saturated rings. The SMILES string of the molecule is CCO[C@H]1CC[C@@H](Nc2ncc3c(-c4ccc5ncc(C(=O)N6CCCC6)n5c4)ccn3n2)CC1. The first kappa shape index (κ1) is 22.0. The Hall–Kier alpha value is -3.46. The van der Waals surface area contributed by atoms with E-state index < -0.39 is 0 Å². The van der Waals surface area contributed by atoms with Crippen LogP contribution in [0.15, 0.2) is 43.0 Å². The van der Waals surface area contributed by atoms with Gasteiger partial charge in [0.2, 0.25) is 5.95 Å². The van der Waals surface area contributed by atoms with Gasteiger partial charge < -0.3 is 15.0 Å². The molecule has 1 saturated heterocycles. The first-order valence-electron chi connectivity index (χ1n) is 12.7. The van der Waals surface area contributed by atoms with Gasteiger partial charge in [0, 0.05) is 49.3 Å². The predicted octanol–water partition coefficient (Wildman–Crippen LogP) is 4.04. The zero-order chi connectivity index (χ0) is 23.8. The number of hydrogen-bond acceptors (Lipinski definition) is 6. The number of carbonyl (C=O) groups excluding carboxylic acids is 1. The summed E-state index contributed by atoms with van der Waals surface area (Å²) in [6, 6.07) is 6.40. The molecule has 0 spiro atoms. The van der Waals surface area contributed by atoms with Crippen LogP contribution in [0.25, 0.3) is 22.3 Å². The third-order valence-corrected chi connectivity index (χ3v) is 7.26. The fourth-order valence-corrected chi connectivity index (χ4v) is 5.38. The van der Waals surface area contributed by atoms with Crippen molar-refractivity contribution in [2.75, 3.05) is 25.0 Å². The van der Waals surface area contributed by atoms with Crippen LogP contribution >= 0.6 is 0 Å². The number of anilines is 1. The predicted molar refractivity (Wildman–Crippen MR) is 134 cm³/mol. The molecule has 0 radical (unpaired) electrons. The van der Waals surface area contributed by atoms with E-state index in [9.17, 15) is 4.79 Å². The van der Waals surface area contributed by atoms with Crippen molar-refractivity contribution in [1.82, 2.24) is 28.9 Å². The third-order valence-electron chi connectivity index (χ3n) is 7.26. The van der Waals surface area contributed by atoms with Gasteiger partial charge in [0.1, 0.15) is 11.3 Å². The summed E-state index contributed by atoms with van der Waals surface area (Å²) in [6.45, 7) is 4.47. The Morgan fingerprint density at radius 2 is 1.91 bits per heavy atom. The number of carbonyl (C=O) groups is 1. The number of pyridine rings is 1. The molecule has 0 atom stereocenters. The average Bonchev–Trinajstić information content (AvgIpc) is 3.64. The summed E-state index contributed by atoms with van der Waals surface area (Å²) < 4.78 is 9.53. The van der Waals surface area contributed by atoms with Gasteiger partial charge in [-0.3, -0.25) is 9.20 Å². The minimum atomic E-state index is 0.0447. The van der Waals surface area contributed by atoms with Crippen LogP contribution in [0.5, 0.6) is 0 Å². The lowest BCUT2D eigenvalue weighted by Crippen LogP contribution is -2.30. The van der Waals surface area contributed by atoms with Gasteiger partial charge in [-0.25, -0.2) is 14.5 Å². The van der Waals surface area contributed by atoms with E-state index in [1.54, 1.807) is 6.20 Å². The highest BCUT2D eigenvalue weighted by atomic mass is 16.5. The number of nitrogens with zero attached hydrogens (tertiary/aromatic N) is 6. The lowest BCUT2D eigenvalue weighted by Gasteiger charge is -2.28. The summed E-state index contributed by atoms with van der Waals surface area (Å²) in [6.07, 6.45) is 14.3. The molecule has 4 aromatic heterocycles. The molecule has 1 aliphatic carbocycles. The molecule has 5 heterocycles. The average molecular weight is 474 g/mol. The molecule has 1 N–H and O–H groups in total. The van der Waals surface area contributed by atoms with Crippen molar-refractivity contribution in [1.29, 1.82) is 0 Å². The van der Waals surface area contributed by atoms with Gasteiger partial charge in [0.15, 0.2) is 0 Å². The largest absolute Gasteiger partial charge is 0.379 e. The van der Waals surface area contributed by atoms with E-state index >= 15 is 0 Å². The molecule has 0 unspecified atom stereocenters. The Kier molecular flexibility index (Phi) is 5.85. The van der Waals surface area contributed by atoms with Crippen molar-refractivity contribution in [3.8, 4) is 11.1 Å². The van der Waals surface area contributed by atoms with Crippen LogP contribution in [0.1, 0.15) is 55.9 Å². The highest BCUT2D eigenvalue weighted by molar-refractivity contribution is 5.93. The van der Waals surface area contributed by atoms with Crippen LogP contribution in [0.2, 0.25) is 0 Å². The van der Waals surface area contributed by atoms with Crippen molar-refractivity contribution >= 4 is 23.0 Å². The number of rotatable bonds is 6. The second kappa shape index (κ2) is 9.30. The highest BCUT2D eigenvalue weighted by Crippen LogP contribution is 2.28. The number of nitrogens with one attached hydrogen (secondary N) is 1. The molecule has 1 aliphatic heterocycles. The van der Waals surface area contributed by atoms with Gasteiger partial charge in [-0.05, 0) is 63.6 Å². The highest BCUT2D eigenvalue weighted by Gasteiger charge is 2.24. The molecular weight excluding hydrogens is 442 g/mol. The first-order valence-corrected chi connectivity index (χ1v) is 12.7. The van der Waals surface area contributed by atoms with Crippen molar-refractivity contribution < 1.29 is 9.53 Å². The fourth-order valence-electron chi connectivity index (χ4n) is 5.38. The summed E-state index contributed by atoms with van der Waals surface area (Å²) in [4.78, 5) is 24.0. The molecule has 4 aromatic rings. The smallest absolute Gasteiger partial charge is 0.272 e. The maximum atomic E-state index is 13.0. The second-order valence-electron chi connectivity index (χ2n) is 9.50. The summed E-state index contributed by atoms with van der Waals surface area (Å²) >= 11 is 0. The zero-order valence-electron chi connectivity index (χ0n) is 20.1. The number of ether oxygens (including phenoxy) is 1. The molecule has 2 aliphatic rings. The van der Waals surface area contributed by atoms with Gasteiger partial charge >= 0.3 is 0 Å². The number of amides is 1.